The molecule has 1 amide bonds. The first-order valence-electron chi connectivity index (χ1n) is 15.0. The van der Waals surface area contributed by atoms with Gasteiger partial charge in [0.2, 0.25) is 5.91 Å². The normalized spacial score (nSPS) is 23.4. The lowest BCUT2D eigenvalue weighted by Gasteiger charge is -2.39. The molecule has 4 aromatic carbocycles. The molecule has 0 bridgehead atoms. The minimum absolute atomic E-state index is 0.169. The predicted octanol–water partition coefficient (Wildman–Crippen LogP) is 7.13. The summed E-state index contributed by atoms with van der Waals surface area (Å²) in [6.07, 6.45) is 3.00. The molecule has 1 N–H and O–H groups in total. The van der Waals surface area contributed by atoms with Gasteiger partial charge in [-0.15, -0.1) is 0 Å². The number of benzene rings is 4. The Bertz CT molecular complexity index is 1790. The van der Waals surface area contributed by atoms with E-state index >= 15 is 4.79 Å². The van der Waals surface area contributed by atoms with Crippen molar-refractivity contribution in [1.82, 2.24) is 0 Å². The molecule has 43 heavy (non-hydrogen) atoms. The minimum Gasteiger partial charge on any atom is -0.352 e. The van der Waals surface area contributed by atoms with Crippen LogP contribution in [-0.2, 0) is 16.6 Å². The third-order valence-corrected chi connectivity index (χ3v) is 9.38. The maximum absolute atomic E-state index is 15.0. The zero-order chi connectivity index (χ0) is 29.9. The summed E-state index contributed by atoms with van der Waals surface area (Å²) in [5.74, 6) is -1.10. The number of anilines is 2. The van der Waals surface area contributed by atoms with E-state index in [4.69, 9.17) is 0 Å². The topological polar surface area (TPSA) is 66.5 Å². The first-order chi connectivity index (χ1) is 20.8. The number of hydrogen-bond acceptors (Lipinski definition) is 4. The van der Waals surface area contributed by atoms with Crippen LogP contribution < -0.4 is 10.2 Å². The van der Waals surface area contributed by atoms with Crippen LogP contribution >= 0.6 is 0 Å². The van der Waals surface area contributed by atoms with Crippen molar-refractivity contribution in [1.29, 1.82) is 0 Å². The number of carbonyl (C=O) groups excluding carboxylic acids is 3. The fraction of sp³-hybridized carbons (Fsp3) is 0.237. The first kappa shape index (κ1) is 27.1. The van der Waals surface area contributed by atoms with Gasteiger partial charge in [0, 0.05) is 28.1 Å². The Kier molecular flexibility index (Phi) is 6.42. The molecule has 0 radical (unpaired) electrons. The molecule has 0 aliphatic carbocycles. The molecular formula is C38H34N2O3. The van der Waals surface area contributed by atoms with E-state index in [-0.39, 0.29) is 17.5 Å². The molecular weight excluding hydrogens is 532 g/mol. The van der Waals surface area contributed by atoms with Gasteiger partial charge in [-0.1, -0.05) is 111 Å². The zero-order valence-corrected chi connectivity index (χ0v) is 24.6. The molecule has 214 valence electrons. The summed E-state index contributed by atoms with van der Waals surface area (Å²) < 4.78 is 0. The Hall–Kier alpha value is -4.77. The molecule has 1 fully saturated rings. The zero-order valence-electron chi connectivity index (χ0n) is 24.6. The maximum Gasteiger partial charge on any atom is 0.238 e. The van der Waals surface area contributed by atoms with Gasteiger partial charge in [-0.2, -0.15) is 0 Å². The number of carbonyl (C=O) groups is 3. The Labute approximate surface area is 252 Å². The molecule has 5 nitrogen and oxygen atoms in total. The molecule has 7 rings (SSSR count). The number of ketones is 2. The van der Waals surface area contributed by atoms with Gasteiger partial charge in [0.25, 0.3) is 0 Å². The molecule has 0 aromatic heterocycles. The van der Waals surface area contributed by atoms with Gasteiger partial charge in [-0.3, -0.25) is 14.4 Å². The lowest BCUT2D eigenvalue weighted by molar-refractivity contribution is -0.121. The molecule has 1 spiro atoms. The Morgan fingerprint density at radius 2 is 1.47 bits per heavy atom. The van der Waals surface area contributed by atoms with Gasteiger partial charge in [0.1, 0.15) is 11.5 Å². The van der Waals surface area contributed by atoms with Crippen molar-refractivity contribution in [3.63, 3.8) is 0 Å². The number of hydrogen-bond donors (Lipinski definition) is 1. The van der Waals surface area contributed by atoms with Crippen LogP contribution in [-0.4, -0.2) is 29.6 Å². The highest BCUT2D eigenvalue weighted by Crippen LogP contribution is 2.58. The van der Waals surface area contributed by atoms with E-state index in [1.54, 1.807) is 12.1 Å². The highest BCUT2D eigenvalue weighted by molar-refractivity contribution is 6.18. The molecule has 3 aliphatic heterocycles. The number of nitrogens with zero attached hydrogens (tertiary/aromatic N) is 1. The molecule has 0 saturated carbocycles. The number of nitrogens with one attached hydrogen (secondary N) is 1. The molecule has 5 heteroatoms. The fourth-order valence-corrected chi connectivity index (χ4v) is 7.62. The molecule has 3 aliphatic rings. The molecule has 4 atom stereocenters. The lowest BCUT2D eigenvalue weighted by Crippen LogP contribution is -2.51. The molecule has 3 heterocycles. The summed E-state index contributed by atoms with van der Waals surface area (Å²) in [7, 11) is 0. The van der Waals surface area contributed by atoms with E-state index < -0.39 is 23.4 Å². The van der Waals surface area contributed by atoms with Crippen LogP contribution in [0.2, 0.25) is 0 Å². The maximum atomic E-state index is 15.0. The second-order valence-electron chi connectivity index (χ2n) is 12.4. The standard InChI is InChI=1S/C38H34N2O3/c1-23(2)21-25-17-19-27(20-18-25)35(41)33-34(36(42)26-11-5-4-6-12-26)40-31-16-10-7-13-28(31)24(3)22-32(40)38(33)29-14-8-9-15-30(29)39-37(38)43/h4-20,22-23,32-34H,21H2,1-3H3,(H,39,43)/t32-,33-,34+,38-/m0/s1. The number of amides is 1. The summed E-state index contributed by atoms with van der Waals surface area (Å²) in [5, 5.41) is 3.11. The fourth-order valence-electron chi connectivity index (χ4n) is 7.62. The second-order valence-corrected chi connectivity index (χ2v) is 12.4. The molecule has 0 unspecified atom stereocenters. The van der Waals surface area contributed by atoms with Crippen molar-refractivity contribution in [2.24, 2.45) is 11.8 Å². The van der Waals surface area contributed by atoms with Gasteiger partial charge in [0.05, 0.1) is 12.0 Å². The second kappa shape index (κ2) is 10.2. The SMILES string of the molecule is CC1=C[C@@H]2N(c3ccccc31)[C@@H](C(=O)c1ccccc1)[C@@H](C(=O)c1ccc(CC(C)C)cc1)[C@@]21C(=O)Nc2ccccc21. The minimum atomic E-state index is -1.31. The summed E-state index contributed by atoms with van der Waals surface area (Å²) in [6, 6.07) is 31.0. The number of para-hydroxylation sites is 2. The van der Waals surface area contributed by atoms with Gasteiger partial charge >= 0.3 is 0 Å². The number of allylic oxidation sites excluding steroid dienone is 1. The number of Topliss-reactive ketones (excluding diaryl/α,β-unsaturated/α-hetero) is 2. The molecule has 4 aromatic rings. The van der Waals surface area contributed by atoms with Crippen LogP contribution in [0, 0.1) is 11.8 Å². The lowest BCUT2D eigenvalue weighted by atomic mass is 9.64. The van der Waals surface area contributed by atoms with E-state index in [0.29, 0.717) is 22.7 Å². The monoisotopic (exact) mass is 566 g/mol. The number of fused-ring (bicyclic) bond motifs is 6. The Morgan fingerprint density at radius 1 is 0.814 bits per heavy atom. The van der Waals surface area contributed by atoms with Crippen LogP contribution in [0.15, 0.2) is 109 Å². The van der Waals surface area contributed by atoms with E-state index in [1.165, 1.54) is 0 Å². The van der Waals surface area contributed by atoms with Crippen molar-refractivity contribution in [3.8, 4) is 0 Å². The third-order valence-electron chi connectivity index (χ3n) is 9.38. The van der Waals surface area contributed by atoms with E-state index in [2.05, 4.69) is 30.1 Å². The van der Waals surface area contributed by atoms with Crippen molar-refractivity contribution < 1.29 is 14.4 Å². The highest BCUT2D eigenvalue weighted by atomic mass is 16.2. The summed E-state index contributed by atoms with van der Waals surface area (Å²) >= 11 is 0. The van der Waals surface area contributed by atoms with Crippen LogP contribution in [0.25, 0.3) is 5.57 Å². The van der Waals surface area contributed by atoms with E-state index in [9.17, 15) is 9.59 Å². The van der Waals surface area contributed by atoms with Gasteiger partial charge in [-0.05, 0) is 48.1 Å². The Balaban J connectivity index is 1.50. The first-order valence-corrected chi connectivity index (χ1v) is 15.0. The predicted molar refractivity (Wildman–Crippen MR) is 170 cm³/mol. The summed E-state index contributed by atoms with van der Waals surface area (Å²) in [4.78, 5) is 46.3. The summed E-state index contributed by atoms with van der Waals surface area (Å²) in [6.45, 7) is 6.38. The van der Waals surface area contributed by atoms with Gasteiger partial charge < -0.3 is 10.2 Å². The quantitative estimate of drug-likeness (QED) is 0.252. The van der Waals surface area contributed by atoms with Crippen LogP contribution in [0.4, 0.5) is 11.4 Å². The largest absolute Gasteiger partial charge is 0.352 e. The van der Waals surface area contributed by atoms with Crippen LogP contribution in [0.1, 0.15) is 58.2 Å². The van der Waals surface area contributed by atoms with Crippen molar-refractivity contribution in [2.45, 2.75) is 44.7 Å². The van der Waals surface area contributed by atoms with E-state index in [0.717, 1.165) is 34.4 Å². The molecule has 1 saturated heterocycles. The van der Waals surface area contributed by atoms with Crippen molar-refractivity contribution >= 4 is 34.4 Å². The van der Waals surface area contributed by atoms with Gasteiger partial charge in [-0.25, -0.2) is 0 Å². The van der Waals surface area contributed by atoms with E-state index in [1.807, 2.05) is 97.9 Å². The van der Waals surface area contributed by atoms with Crippen molar-refractivity contribution in [3.05, 3.63) is 137 Å². The van der Waals surface area contributed by atoms with Gasteiger partial charge in [0.15, 0.2) is 11.6 Å². The number of rotatable bonds is 6. The average Bonchev–Trinajstić information content (AvgIpc) is 3.49. The summed E-state index contributed by atoms with van der Waals surface area (Å²) in [5.41, 5.74) is 5.19. The van der Waals surface area contributed by atoms with Crippen LogP contribution in [0.5, 0.6) is 0 Å². The Morgan fingerprint density at radius 3 is 2.21 bits per heavy atom. The van der Waals surface area contributed by atoms with Crippen LogP contribution in [0.3, 0.4) is 0 Å². The third kappa shape index (κ3) is 4.02. The van der Waals surface area contributed by atoms with Crippen molar-refractivity contribution in [2.75, 3.05) is 10.2 Å². The smallest absolute Gasteiger partial charge is 0.238 e. The average molecular weight is 567 g/mol. The highest BCUT2D eigenvalue weighted by Gasteiger charge is 2.70.